The maximum absolute atomic E-state index is 5.93. The predicted molar refractivity (Wildman–Crippen MR) is 113 cm³/mol. The van der Waals surface area contributed by atoms with Gasteiger partial charge in [-0.1, -0.05) is 13.8 Å². The number of guanidine groups is 1. The van der Waals surface area contributed by atoms with Crippen LogP contribution >= 0.6 is 24.0 Å². The van der Waals surface area contributed by atoms with Crippen LogP contribution in [0.2, 0.25) is 0 Å². The van der Waals surface area contributed by atoms with Gasteiger partial charge in [0.1, 0.15) is 0 Å². The van der Waals surface area contributed by atoms with Gasteiger partial charge in [-0.25, -0.2) is 0 Å². The fourth-order valence-electron chi connectivity index (χ4n) is 5.56. The third-order valence-corrected chi connectivity index (χ3v) is 6.90. The van der Waals surface area contributed by atoms with Crippen molar-refractivity contribution in [2.24, 2.45) is 22.2 Å². The highest BCUT2D eigenvalue weighted by Gasteiger charge is 2.59. The van der Waals surface area contributed by atoms with E-state index in [4.69, 9.17) is 4.74 Å². The number of rotatable bonds is 3. The number of halogens is 1. The lowest BCUT2D eigenvalue weighted by Gasteiger charge is -2.55. The van der Waals surface area contributed by atoms with Crippen LogP contribution in [-0.4, -0.2) is 74.3 Å². The molecule has 0 spiro atoms. The summed E-state index contributed by atoms with van der Waals surface area (Å²) in [5.74, 6) is 2.58. The number of aliphatic imine (C=N–C) groups is 1. The summed E-state index contributed by atoms with van der Waals surface area (Å²) in [6.07, 6.45) is 5.72. The van der Waals surface area contributed by atoms with Crippen molar-refractivity contribution < 1.29 is 4.74 Å². The predicted octanol–water partition coefficient (Wildman–Crippen LogP) is 2.41. The number of likely N-dealkylation sites (tertiary alicyclic amines) is 2. The van der Waals surface area contributed by atoms with Crippen LogP contribution in [0.1, 0.15) is 39.5 Å². The van der Waals surface area contributed by atoms with E-state index in [-0.39, 0.29) is 29.4 Å². The molecule has 6 heteroatoms. The summed E-state index contributed by atoms with van der Waals surface area (Å²) in [5.41, 5.74) is 0.214. The molecule has 0 aromatic carbocycles. The quantitative estimate of drug-likeness (QED) is 0.398. The highest BCUT2D eigenvalue weighted by Crippen LogP contribution is 2.52. The van der Waals surface area contributed by atoms with E-state index in [1.54, 1.807) is 0 Å². The molecule has 0 radical (unpaired) electrons. The molecule has 4 unspecified atom stereocenters. The molecule has 144 valence electrons. The lowest BCUT2D eigenvalue weighted by atomic mass is 9.57. The molecular weight excluding hydrogens is 427 g/mol. The van der Waals surface area contributed by atoms with E-state index in [0.717, 1.165) is 31.6 Å². The van der Waals surface area contributed by atoms with Crippen LogP contribution in [0, 0.1) is 17.3 Å². The molecule has 4 atom stereocenters. The minimum absolute atomic E-state index is 0. The fraction of sp³-hybridized carbons (Fsp3) is 0.947. The smallest absolute Gasteiger partial charge is 0.193 e. The van der Waals surface area contributed by atoms with Gasteiger partial charge in [0.25, 0.3) is 0 Å². The number of nitrogens with one attached hydrogen (secondary N) is 1. The molecule has 5 nitrogen and oxygen atoms in total. The van der Waals surface area contributed by atoms with Crippen molar-refractivity contribution in [3.8, 4) is 0 Å². The summed E-state index contributed by atoms with van der Waals surface area (Å²) in [6, 6.07) is 0.501. The molecule has 3 saturated heterocycles. The number of hydrogen-bond donors (Lipinski definition) is 1. The molecule has 4 fully saturated rings. The van der Waals surface area contributed by atoms with Gasteiger partial charge in [0, 0.05) is 50.7 Å². The van der Waals surface area contributed by atoms with Gasteiger partial charge < -0.3 is 19.9 Å². The zero-order chi connectivity index (χ0) is 16.7. The Hall–Kier alpha value is -0.0800. The van der Waals surface area contributed by atoms with Crippen LogP contribution in [0.3, 0.4) is 0 Å². The van der Waals surface area contributed by atoms with Crippen LogP contribution in [0.5, 0.6) is 0 Å². The molecule has 4 aliphatic rings. The fourth-order valence-corrected chi connectivity index (χ4v) is 5.56. The first-order valence-electron chi connectivity index (χ1n) is 9.92. The van der Waals surface area contributed by atoms with Gasteiger partial charge in [0.05, 0.1) is 6.10 Å². The summed E-state index contributed by atoms with van der Waals surface area (Å²) in [7, 11) is 1.93. The van der Waals surface area contributed by atoms with Crippen LogP contribution in [0.15, 0.2) is 4.99 Å². The molecule has 4 rings (SSSR count). The van der Waals surface area contributed by atoms with Gasteiger partial charge in [0.15, 0.2) is 5.96 Å². The summed E-state index contributed by atoms with van der Waals surface area (Å²) in [5, 5.41) is 3.80. The Morgan fingerprint density at radius 2 is 1.96 bits per heavy atom. The summed E-state index contributed by atoms with van der Waals surface area (Å²) in [6.45, 7) is 11.8. The van der Waals surface area contributed by atoms with Crippen molar-refractivity contribution >= 4 is 29.9 Å². The highest BCUT2D eigenvalue weighted by molar-refractivity contribution is 14.0. The molecule has 1 N–H and O–H groups in total. The second kappa shape index (κ2) is 7.89. The summed E-state index contributed by atoms with van der Waals surface area (Å²) < 4.78 is 5.93. The molecule has 0 bridgehead atoms. The molecule has 0 aromatic heterocycles. The number of hydrogen-bond acceptors (Lipinski definition) is 3. The van der Waals surface area contributed by atoms with E-state index in [2.05, 4.69) is 34.0 Å². The Balaban J connectivity index is 0.00000182. The van der Waals surface area contributed by atoms with Gasteiger partial charge >= 0.3 is 0 Å². The molecule has 0 aromatic rings. The van der Waals surface area contributed by atoms with Gasteiger partial charge in [-0.15, -0.1) is 24.0 Å². The molecule has 0 amide bonds. The maximum atomic E-state index is 5.93. The van der Waals surface area contributed by atoms with E-state index in [0.29, 0.717) is 18.1 Å². The molecule has 25 heavy (non-hydrogen) atoms. The number of fused-ring (bicyclic) bond motifs is 1. The van der Waals surface area contributed by atoms with E-state index in [1.807, 2.05) is 7.05 Å². The number of ether oxygens (including phenoxy) is 1. The van der Waals surface area contributed by atoms with Crippen LogP contribution < -0.4 is 5.32 Å². The first-order chi connectivity index (χ1) is 11.6. The Labute approximate surface area is 170 Å². The van der Waals surface area contributed by atoms with Gasteiger partial charge in [-0.2, -0.15) is 0 Å². The lowest BCUT2D eigenvalue weighted by Crippen LogP contribution is -2.68. The van der Waals surface area contributed by atoms with Crippen LogP contribution in [0.25, 0.3) is 0 Å². The first kappa shape index (κ1) is 19.7. The van der Waals surface area contributed by atoms with E-state index in [1.165, 1.54) is 45.3 Å². The highest BCUT2D eigenvalue weighted by atomic mass is 127. The minimum atomic E-state index is 0. The second-order valence-corrected chi connectivity index (χ2v) is 8.84. The summed E-state index contributed by atoms with van der Waals surface area (Å²) >= 11 is 0. The molecular formula is C19H35IN4O. The van der Waals surface area contributed by atoms with Crippen molar-refractivity contribution in [1.29, 1.82) is 0 Å². The Bertz CT molecular complexity index is 492. The topological polar surface area (TPSA) is 40.1 Å². The van der Waals surface area contributed by atoms with Crippen molar-refractivity contribution in [2.75, 3.05) is 46.4 Å². The van der Waals surface area contributed by atoms with Crippen molar-refractivity contribution in [3.05, 3.63) is 0 Å². The average molecular weight is 462 g/mol. The third-order valence-electron chi connectivity index (χ3n) is 6.90. The monoisotopic (exact) mass is 462 g/mol. The Kier molecular flexibility index (Phi) is 6.21. The van der Waals surface area contributed by atoms with E-state index >= 15 is 0 Å². The zero-order valence-electron chi connectivity index (χ0n) is 16.0. The summed E-state index contributed by atoms with van der Waals surface area (Å²) in [4.78, 5) is 9.75. The zero-order valence-corrected chi connectivity index (χ0v) is 18.4. The van der Waals surface area contributed by atoms with Gasteiger partial charge in [-0.05, 0) is 44.7 Å². The molecule has 1 saturated carbocycles. The normalized spacial score (nSPS) is 37.6. The van der Waals surface area contributed by atoms with Crippen molar-refractivity contribution in [2.45, 2.75) is 51.7 Å². The molecule has 3 heterocycles. The van der Waals surface area contributed by atoms with Gasteiger partial charge in [-0.3, -0.25) is 4.99 Å². The number of nitrogens with zero attached hydrogens (tertiary/aromatic N) is 3. The lowest BCUT2D eigenvalue weighted by molar-refractivity contribution is -0.107. The Morgan fingerprint density at radius 3 is 2.68 bits per heavy atom. The minimum Gasteiger partial charge on any atom is -0.377 e. The van der Waals surface area contributed by atoms with Crippen LogP contribution in [0.4, 0.5) is 0 Å². The molecule has 1 aliphatic carbocycles. The Morgan fingerprint density at radius 1 is 1.20 bits per heavy atom. The first-order valence-corrected chi connectivity index (χ1v) is 9.92. The third kappa shape index (κ3) is 3.68. The van der Waals surface area contributed by atoms with Crippen molar-refractivity contribution in [1.82, 2.24) is 15.1 Å². The molecule has 3 aliphatic heterocycles. The standard InChI is InChI=1S/C19H34N4O.HI/c1-19(2)16(15-7-11-24-17(15)19)21-18(20-3)23-10-6-14(13-23)12-22-8-4-5-9-22;/h14-17H,4-13H2,1-3H3,(H,20,21);1H. The second-order valence-electron chi connectivity index (χ2n) is 8.84. The van der Waals surface area contributed by atoms with Crippen LogP contribution in [-0.2, 0) is 4.74 Å². The average Bonchev–Trinajstić information content (AvgIpc) is 3.29. The van der Waals surface area contributed by atoms with Crippen molar-refractivity contribution in [3.63, 3.8) is 0 Å². The van der Waals surface area contributed by atoms with E-state index < -0.39 is 0 Å². The largest absolute Gasteiger partial charge is 0.377 e. The SMILES string of the molecule is CN=C(NC1C2CCOC2C1(C)C)N1CCC(CN2CCCC2)C1.I. The van der Waals surface area contributed by atoms with E-state index in [9.17, 15) is 0 Å². The van der Waals surface area contributed by atoms with Gasteiger partial charge in [0.2, 0.25) is 0 Å². The maximum Gasteiger partial charge on any atom is 0.193 e.